The Hall–Kier alpha value is -1.42. The number of hydrogen-bond donors (Lipinski definition) is 1. The van der Waals surface area contributed by atoms with Crippen LogP contribution in [0.2, 0.25) is 0 Å². The lowest BCUT2D eigenvalue weighted by atomic mass is 10.0. The fourth-order valence-electron chi connectivity index (χ4n) is 1.27. The van der Waals surface area contributed by atoms with E-state index in [0.29, 0.717) is 11.1 Å². The topological polar surface area (TPSA) is 63.4 Å². The molecule has 0 aliphatic carbocycles. The zero-order valence-corrected chi connectivity index (χ0v) is 7.57. The van der Waals surface area contributed by atoms with Gasteiger partial charge in [0.25, 0.3) is 5.69 Å². The molecule has 0 heterocycles. The molecule has 0 fully saturated rings. The lowest BCUT2D eigenvalue weighted by Gasteiger charge is -2.04. The smallest absolute Gasteiger partial charge is 0.272 e. The van der Waals surface area contributed by atoms with E-state index in [-0.39, 0.29) is 12.3 Å². The van der Waals surface area contributed by atoms with Crippen molar-refractivity contribution in [2.45, 2.75) is 20.5 Å². The van der Waals surface area contributed by atoms with Crippen molar-refractivity contribution in [3.8, 4) is 0 Å². The van der Waals surface area contributed by atoms with Gasteiger partial charge in [0.15, 0.2) is 0 Å². The third-order valence-electron chi connectivity index (χ3n) is 2.00. The third kappa shape index (κ3) is 1.84. The molecule has 0 aliphatic heterocycles. The van der Waals surface area contributed by atoms with Gasteiger partial charge in [-0.15, -0.1) is 0 Å². The van der Waals surface area contributed by atoms with Crippen LogP contribution in [-0.4, -0.2) is 10.0 Å². The second-order valence-corrected chi connectivity index (χ2v) is 2.98. The summed E-state index contributed by atoms with van der Waals surface area (Å²) >= 11 is 0. The molecule has 4 heteroatoms. The van der Waals surface area contributed by atoms with Crippen LogP contribution in [-0.2, 0) is 6.61 Å². The Balaban J connectivity index is 3.35. The van der Waals surface area contributed by atoms with Crippen LogP contribution in [0.25, 0.3) is 0 Å². The average molecular weight is 181 g/mol. The van der Waals surface area contributed by atoms with Crippen LogP contribution >= 0.6 is 0 Å². The van der Waals surface area contributed by atoms with E-state index in [1.54, 1.807) is 19.9 Å². The molecule has 0 spiro atoms. The number of nitro groups is 1. The number of aliphatic hydroxyl groups is 1. The van der Waals surface area contributed by atoms with Gasteiger partial charge < -0.3 is 5.11 Å². The lowest BCUT2D eigenvalue weighted by Crippen LogP contribution is -1.97. The highest BCUT2D eigenvalue weighted by Gasteiger charge is 2.13. The van der Waals surface area contributed by atoms with Gasteiger partial charge in [-0.05, 0) is 25.0 Å². The van der Waals surface area contributed by atoms with Crippen LogP contribution in [0.1, 0.15) is 16.7 Å². The van der Waals surface area contributed by atoms with Gasteiger partial charge >= 0.3 is 0 Å². The van der Waals surface area contributed by atoms with Crippen LogP contribution in [0.3, 0.4) is 0 Å². The normalized spacial score (nSPS) is 10.1. The standard InChI is InChI=1S/C9H11NO3/c1-6-3-8(5-11)7(2)9(4-6)10(12)13/h3-4,11H,5H2,1-2H3. The van der Waals surface area contributed by atoms with Gasteiger partial charge in [-0.1, -0.05) is 6.07 Å². The van der Waals surface area contributed by atoms with Crippen molar-refractivity contribution >= 4 is 5.69 Å². The molecule has 0 aliphatic rings. The van der Waals surface area contributed by atoms with Crippen molar-refractivity contribution in [2.24, 2.45) is 0 Å². The maximum absolute atomic E-state index is 10.6. The number of hydrogen-bond acceptors (Lipinski definition) is 3. The number of nitrogens with zero attached hydrogens (tertiary/aromatic N) is 1. The van der Waals surface area contributed by atoms with Gasteiger partial charge in [0, 0.05) is 11.6 Å². The lowest BCUT2D eigenvalue weighted by molar-refractivity contribution is -0.385. The molecule has 0 atom stereocenters. The van der Waals surface area contributed by atoms with Crippen molar-refractivity contribution in [2.75, 3.05) is 0 Å². The number of nitro benzene ring substituents is 1. The van der Waals surface area contributed by atoms with E-state index in [1.165, 1.54) is 6.07 Å². The van der Waals surface area contributed by atoms with Crippen molar-refractivity contribution < 1.29 is 10.0 Å². The highest BCUT2D eigenvalue weighted by atomic mass is 16.6. The highest BCUT2D eigenvalue weighted by Crippen LogP contribution is 2.23. The van der Waals surface area contributed by atoms with E-state index in [1.807, 2.05) is 0 Å². The van der Waals surface area contributed by atoms with Crippen molar-refractivity contribution in [3.05, 3.63) is 38.9 Å². The molecule has 1 rings (SSSR count). The quantitative estimate of drug-likeness (QED) is 0.558. The largest absolute Gasteiger partial charge is 0.392 e. The maximum Gasteiger partial charge on any atom is 0.272 e. The molecule has 0 radical (unpaired) electrons. The van der Waals surface area contributed by atoms with Gasteiger partial charge in [0.05, 0.1) is 11.5 Å². The van der Waals surface area contributed by atoms with E-state index in [4.69, 9.17) is 5.11 Å². The Morgan fingerprint density at radius 2 is 2.08 bits per heavy atom. The van der Waals surface area contributed by atoms with Gasteiger partial charge in [-0.3, -0.25) is 10.1 Å². The van der Waals surface area contributed by atoms with E-state index in [0.717, 1.165) is 5.56 Å². The molecular formula is C9H11NO3. The summed E-state index contributed by atoms with van der Waals surface area (Å²) in [5.41, 5.74) is 2.02. The Morgan fingerprint density at radius 3 is 2.54 bits per heavy atom. The predicted octanol–water partition coefficient (Wildman–Crippen LogP) is 1.70. The molecule has 4 nitrogen and oxygen atoms in total. The monoisotopic (exact) mass is 181 g/mol. The minimum atomic E-state index is -0.429. The second-order valence-electron chi connectivity index (χ2n) is 2.98. The third-order valence-corrected chi connectivity index (χ3v) is 2.00. The molecule has 0 saturated heterocycles. The summed E-state index contributed by atoms with van der Waals surface area (Å²) in [5.74, 6) is 0. The van der Waals surface area contributed by atoms with E-state index < -0.39 is 4.92 Å². The van der Waals surface area contributed by atoms with Gasteiger partial charge in [0.1, 0.15) is 0 Å². The number of rotatable bonds is 2. The minimum absolute atomic E-state index is 0.0732. The van der Waals surface area contributed by atoms with Crippen LogP contribution in [0, 0.1) is 24.0 Å². The Bertz CT molecular complexity index is 347. The molecule has 0 amide bonds. The minimum Gasteiger partial charge on any atom is -0.392 e. The predicted molar refractivity (Wildman–Crippen MR) is 48.5 cm³/mol. The molecule has 0 bridgehead atoms. The molecule has 0 unspecified atom stereocenters. The molecule has 0 saturated carbocycles. The zero-order valence-electron chi connectivity index (χ0n) is 7.57. The molecule has 1 aromatic carbocycles. The SMILES string of the molecule is Cc1cc(CO)c(C)c([N+](=O)[O-])c1. The zero-order chi connectivity index (χ0) is 10.0. The fraction of sp³-hybridized carbons (Fsp3) is 0.333. The van der Waals surface area contributed by atoms with Crippen LogP contribution in [0.4, 0.5) is 5.69 Å². The molecule has 70 valence electrons. The summed E-state index contributed by atoms with van der Waals surface area (Å²) < 4.78 is 0. The average Bonchev–Trinajstić information content (AvgIpc) is 2.08. The number of aliphatic hydroxyl groups excluding tert-OH is 1. The highest BCUT2D eigenvalue weighted by molar-refractivity contribution is 5.47. The second kappa shape index (κ2) is 3.53. The number of aryl methyl sites for hydroxylation is 1. The fourth-order valence-corrected chi connectivity index (χ4v) is 1.27. The Morgan fingerprint density at radius 1 is 1.46 bits per heavy atom. The van der Waals surface area contributed by atoms with Gasteiger partial charge in [-0.25, -0.2) is 0 Å². The molecule has 1 N–H and O–H groups in total. The molecule has 0 aromatic heterocycles. The van der Waals surface area contributed by atoms with Crippen molar-refractivity contribution in [1.82, 2.24) is 0 Å². The Kier molecular flexibility index (Phi) is 2.63. The summed E-state index contributed by atoms with van der Waals surface area (Å²) in [6, 6.07) is 3.26. The van der Waals surface area contributed by atoms with E-state index in [9.17, 15) is 10.1 Å². The summed E-state index contributed by atoms with van der Waals surface area (Å²) in [4.78, 5) is 10.1. The first-order valence-corrected chi connectivity index (χ1v) is 3.91. The molecule has 13 heavy (non-hydrogen) atoms. The number of benzene rings is 1. The maximum atomic E-state index is 10.6. The Labute approximate surface area is 76.0 Å². The first-order chi connectivity index (χ1) is 6.06. The summed E-state index contributed by atoms with van der Waals surface area (Å²) in [7, 11) is 0. The molecular weight excluding hydrogens is 170 g/mol. The van der Waals surface area contributed by atoms with Crippen LogP contribution in [0.5, 0.6) is 0 Å². The van der Waals surface area contributed by atoms with E-state index in [2.05, 4.69) is 0 Å². The van der Waals surface area contributed by atoms with E-state index >= 15 is 0 Å². The first-order valence-electron chi connectivity index (χ1n) is 3.91. The summed E-state index contributed by atoms with van der Waals surface area (Å²) in [6.45, 7) is 3.25. The molecule has 1 aromatic rings. The summed E-state index contributed by atoms with van der Waals surface area (Å²) in [6.07, 6.45) is 0. The van der Waals surface area contributed by atoms with Crippen LogP contribution < -0.4 is 0 Å². The van der Waals surface area contributed by atoms with Crippen molar-refractivity contribution in [3.63, 3.8) is 0 Å². The van der Waals surface area contributed by atoms with Crippen molar-refractivity contribution in [1.29, 1.82) is 0 Å². The van der Waals surface area contributed by atoms with Crippen LogP contribution in [0.15, 0.2) is 12.1 Å². The van der Waals surface area contributed by atoms with Gasteiger partial charge in [0.2, 0.25) is 0 Å². The summed E-state index contributed by atoms with van der Waals surface area (Å²) in [5, 5.41) is 19.5. The van der Waals surface area contributed by atoms with Gasteiger partial charge in [-0.2, -0.15) is 0 Å². The first kappa shape index (κ1) is 9.67.